The smallest absolute Gasteiger partial charge is 0.231 e. The van der Waals surface area contributed by atoms with Gasteiger partial charge in [-0.1, -0.05) is 12.1 Å². The van der Waals surface area contributed by atoms with Gasteiger partial charge in [0.1, 0.15) is 0 Å². The van der Waals surface area contributed by atoms with Crippen LogP contribution in [0, 0.1) is 11.3 Å². The number of hydrogen-bond donors (Lipinski definition) is 1. The number of thiol groups is 1. The van der Waals surface area contributed by atoms with Gasteiger partial charge >= 0.3 is 0 Å². The first kappa shape index (κ1) is 14.2. The van der Waals surface area contributed by atoms with E-state index in [1.807, 2.05) is 24.3 Å². The van der Waals surface area contributed by atoms with Gasteiger partial charge in [-0.05, 0) is 42.0 Å². The van der Waals surface area contributed by atoms with Crippen LogP contribution in [-0.2, 0) is 11.2 Å². The fourth-order valence-corrected chi connectivity index (χ4v) is 1.96. The van der Waals surface area contributed by atoms with E-state index in [2.05, 4.69) is 18.7 Å². The molecule has 1 amide bonds. The lowest BCUT2D eigenvalue weighted by molar-refractivity contribution is -0.117. The van der Waals surface area contributed by atoms with E-state index >= 15 is 0 Å². The molecule has 0 radical (unpaired) electrons. The summed E-state index contributed by atoms with van der Waals surface area (Å²) in [6.07, 6.45) is 0.338. The number of nitrogens with zero attached hydrogens (tertiary/aromatic N) is 2. The summed E-state index contributed by atoms with van der Waals surface area (Å²) in [6.45, 7) is 0. The molecule has 100 valence electrons. The Kier molecular flexibility index (Phi) is 4.44. The van der Waals surface area contributed by atoms with Crippen LogP contribution in [0.4, 0.5) is 5.69 Å². The zero-order valence-corrected chi connectivity index (χ0v) is 12.0. The fourth-order valence-electron chi connectivity index (χ4n) is 1.81. The highest BCUT2D eigenvalue weighted by atomic mass is 32.1. The molecule has 3 nitrogen and oxygen atoms in total. The first-order valence-corrected chi connectivity index (χ1v) is 6.59. The van der Waals surface area contributed by atoms with Crippen LogP contribution in [0.1, 0.15) is 11.1 Å². The van der Waals surface area contributed by atoms with Crippen LogP contribution >= 0.6 is 12.6 Å². The third-order valence-corrected chi connectivity index (χ3v) is 3.35. The number of amides is 1. The van der Waals surface area contributed by atoms with Gasteiger partial charge in [0, 0.05) is 17.6 Å². The summed E-state index contributed by atoms with van der Waals surface area (Å²) >= 11 is 4.22. The molecule has 4 heteroatoms. The van der Waals surface area contributed by atoms with Gasteiger partial charge in [-0.2, -0.15) is 5.26 Å². The Bertz CT molecular complexity index is 642. The Labute approximate surface area is 123 Å². The van der Waals surface area contributed by atoms with E-state index in [0.717, 1.165) is 16.1 Å². The zero-order chi connectivity index (χ0) is 14.5. The second-order valence-corrected chi connectivity index (χ2v) is 4.97. The molecule has 0 heterocycles. The van der Waals surface area contributed by atoms with Gasteiger partial charge in [0.05, 0.1) is 18.1 Å². The van der Waals surface area contributed by atoms with E-state index in [1.54, 1.807) is 36.2 Å². The molecule has 2 rings (SSSR count). The number of anilines is 1. The average Bonchev–Trinajstić information content (AvgIpc) is 2.49. The van der Waals surface area contributed by atoms with Crippen LogP contribution in [0.3, 0.4) is 0 Å². The van der Waals surface area contributed by atoms with Crippen LogP contribution < -0.4 is 4.90 Å². The van der Waals surface area contributed by atoms with Gasteiger partial charge in [0.2, 0.25) is 5.91 Å². The summed E-state index contributed by atoms with van der Waals surface area (Å²) in [4.78, 5) is 14.7. The Morgan fingerprint density at radius 3 is 2.30 bits per heavy atom. The molecule has 0 saturated heterocycles. The van der Waals surface area contributed by atoms with E-state index in [-0.39, 0.29) is 5.91 Å². The minimum Gasteiger partial charge on any atom is -0.315 e. The number of hydrogen-bond acceptors (Lipinski definition) is 3. The Balaban J connectivity index is 2.08. The molecule has 0 bridgehead atoms. The highest BCUT2D eigenvalue weighted by Gasteiger charge is 2.11. The van der Waals surface area contributed by atoms with Crippen molar-refractivity contribution in [2.75, 3.05) is 11.9 Å². The van der Waals surface area contributed by atoms with Crippen molar-refractivity contribution >= 4 is 24.2 Å². The number of rotatable bonds is 3. The average molecular weight is 282 g/mol. The van der Waals surface area contributed by atoms with E-state index in [1.165, 1.54) is 0 Å². The number of benzene rings is 2. The molecule has 0 unspecified atom stereocenters. The van der Waals surface area contributed by atoms with Crippen molar-refractivity contribution in [1.82, 2.24) is 0 Å². The third-order valence-electron chi connectivity index (χ3n) is 3.05. The van der Waals surface area contributed by atoms with Crippen LogP contribution in [0.2, 0.25) is 0 Å². The standard InChI is InChI=1S/C16H14N2OS/c1-18(14-6-2-13(11-17)3-7-14)16(19)10-12-4-8-15(20)9-5-12/h2-9,20H,10H2,1H3. The lowest BCUT2D eigenvalue weighted by Crippen LogP contribution is -2.27. The third kappa shape index (κ3) is 3.40. The van der Waals surface area contributed by atoms with Gasteiger partial charge in [-0.25, -0.2) is 0 Å². The summed E-state index contributed by atoms with van der Waals surface area (Å²) in [5.74, 6) is 0.00150. The molecule has 2 aromatic carbocycles. The molecule has 0 aromatic heterocycles. The second kappa shape index (κ2) is 6.27. The Morgan fingerprint density at radius 1 is 1.15 bits per heavy atom. The molecule has 0 spiro atoms. The number of likely N-dealkylation sites (N-methyl/N-ethyl adjacent to an activating group) is 1. The fraction of sp³-hybridized carbons (Fsp3) is 0.125. The largest absolute Gasteiger partial charge is 0.315 e. The molecular formula is C16H14N2OS. The highest BCUT2D eigenvalue weighted by Crippen LogP contribution is 2.15. The molecule has 0 saturated carbocycles. The monoisotopic (exact) mass is 282 g/mol. The number of carbonyl (C=O) groups is 1. The van der Waals surface area contributed by atoms with Crippen molar-refractivity contribution in [3.05, 3.63) is 59.7 Å². The van der Waals surface area contributed by atoms with Gasteiger partial charge in [-0.15, -0.1) is 12.6 Å². The summed E-state index contributed by atoms with van der Waals surface area (Å²) in [6, 6.07) is 16.5. The van der Waals surface area contributed by atoms with Crippen LogP contribution in [0.5, 0.6) is 0 Å². The molecule has 0 atom stereocenters. The van der Waals surface area contributed by atoms with Crippen molar-refractivity contribution in [1.29, 1.82) is 5.26 Å². The highest BCUT2D eigenvalue weighted by molar-refractivity contribution is 7.80. The maximum Gasteiger partial charge on any atom is 0.231 e. The van der Waals surface area contributed by atoms with Crippen molar-refractivity contribution in [2.45, 2.75) is 11.3 Å². The topological polar surface area (TPSA) is 44.1 Å². The molecule has 20 heavy (non-hydrogen) atoms. The summed E-state index contributed by atoms with van der Waals surface area (Å²) in [7, 11) is 1.73. The van der Waals surface area contributed by atoms with E-state index < -0.39 is 0 Å². The van der Waals surface area contributed by atoms with Crippen LogP contribution in [-0.4, -0.2) is 13.0 Å². The lowest BCUT2D eigenvalue weighted by Gasteiger charge is -2.17. The Hall–Kier alpha value is -2.25. The van der Waals surface area contributed by atoms with Gasteiger partial charge in [0.25, 0.3) is 0 Å². The summed E-state index contributed by atoms with van der Waals surface area (Å²) in [5, 5.41) is 8.76. The Morgan fingerprint density at radius 2 is 1.75 bits per heavy atom. The minimum absolute atomic E-state index is 0.00150. The van der Waals surface area contributed by atoms with Crippen LogP contribution in [0.15, 0.2) is 53.4 Å². The van der Waals surface area contributed by atoms with Crippen molar-refractivity contribution in [3.63, 3.8) is 0 Å². The van der Waals surface area contributed by atoms with Gasteiger partial charge in [-0.3, -0.25) is 4.79 Å². The molecule has 0 aliphatic heterocycles. The SMILES string of the molecule is CN(C(=O)Cc1ccc(S)cc1)c1ccc(C#N)cc1. The molecule has 0 fully saturated rings. The second-order valence-electron chi connectivity index (χ2n) is 4.45. The van der Waals surface area contributed by atoms with E-state index in [9.17, 15) is 4.79 Å². The van der Waals surface area contributed by atoms with Crippen molar-refractivity contribution in [3.8, 4) is 6.07 Å². The predicted molar refractivity (Wildman–Crippen MR) is 82.0 cm³/mol. The number of carbonyl (C=O) groups excluding carboxylic acids is 1. The van der Waals surface area contributed by atoms with Gasteiger partial charge < -0.3 is 4.90 Å². The summed E-state index contributed by atoms with van der Waals surface area (Å²) < 4.78 is 0. The normalized spacial score (nSPS) is 9.85. The predicted octanol–water partition coefficient (Wildman–Crippen LogP) is 3.05. The molecular weight excluding hydrogens is 268 g/mol. The van der Waals surface area contributed by atoms with Crippen molar-refractivity contribution < 1.29 is 4.79 Å². The van der Waals surface area contributed by atoms with Crippen molar-refractivity contribution in [2.24, 2.45) is 0 Å². The quantitative estimate of drug-likeness (QED) is 0.879. The van der Waals surface area contributed by atoms with E-state index in [0.29, 0.717) is 12.0 Å². The maximum absolute atomic E-state index is 12.2. The zero-order valence-electron chi connectivity index (χ0n) is 11.1. The molecule has 0 aliphatic rings. The minimum atomic E-state index is 0.00150. The van der Waals surface area contributed by atoms with Gasteiger partial charge in [0.15, 0.2) is 0 Å². The lowest BCUT2D eigenvalue weighted by atomic mass is 10.1. The molecule has 0 aliphatic carbocycles. The van der Waals surface area contributed by atoms with Crippen LogP contribution in [0.25, 0.3) is 0 Å². The molecule has 0 N–H and O–H groups in total. The maximum atomic E-state index is 12.2. The van der Waals surface area contributed by atoms with E-state index in [4.69, 9.17) is 5.26 Å². The summed E-state index contributed by atoms with van der Waals surface area (Å²) in [5.41, 5.74) is 2.31. The number of nitriles is 1. The molecule has 2 aromatic rings. The first-order valence-electron chi connectivity index (χ1n) is 6.15. The first-order chi connectivity index (χ1) is 9.60.